The first-order valence-electron chi connectivity index (χ1n) is 8.97. The van der Waals surface area contributed by atoms with Gasteiger partial charge in [-0.15, -0.1) is 0 Å². The number of amides is 2. The van der Waals surface area contributed by atoms with Crippen LogP contribution in [0.4, 0.5) is 4.79 Å². The van der Waals surface area contributed by atoms with Crippen LogP contribution in [0.15, 0.2) is 24.4 Å². The van der Waals surface area contributed by atoms with Crippen molar-refractivity contribution in [3.05, 3.63) is 30.1 Å². The number of pyridine rings is 1. The topological polar surface area (TPSA) is 68.7 Å². The Morgan fingerprint density at radius 3 is 2.96 bits per heavy atom. The maximum absolute atomic E-state index is 12.5. The number of rotatable bonds is 4. The monoisotopic (exact) mass is 332 g/mol. The Labute approximate surface area is 143 Å². The molecule has 6 heteroatoms. The number of nitrogens with one attached hydrogen (secondary N) is 1. The summed E-state index contributed by atoms with van der Waals surface area (Å²) in [5, 5.41) is 12.6. The normalized spacial score (nSPS) is 28.1. The highest BCUT2D eigenvalue weighted by molar-refractivity contribution is 5.75. The molecular formula is C18H28N4O2. The Morgan fingerprint density at radius 2 is 2.25 bits per heavy atom. The van der Waals surface area contributed by atoms with Crippen molar-refractivity contribution in [3.63, 3.8) is 0 Å². The number of carbonyl (C=O) groups excluding carboxylic acids is 1. The minimum absolute atomic E-state index is 0.00968. The molecule has 0 bridgehead atoms. The van der Waals surface area contributed by atoms with Gasteiger partial charge in [-0.1, -0.05) is 13.0 Å². The molecule has 2 amide bonds. The minimum atomic E-state index is -0.0124. The second-order valence-corrected chi connectivity index (χ2v) is 7.05. The number of carbonyl (C=O) groups is 1. The minimum Gasteiger partial charge on any atom is -0.394 e. The number of piperidine rings is 1. The molecule has 0 radical (unpaired) electrons. The highest BCUT2D eigenvalue weighted by atomic mass is 16.3. The smallest absolute Gasteiger partial charge is 0.317 e. The fraction of sp³-hybridized carbons (Fsp3) is 0.667. The van der Waals surface area contributed by atoms with Crippen LogP contribution < -0.4 is 5.32 Å². The first-order valence-corrected chi connectivity index (χ1v) is 8.97. The maximum atomic E-state index is 12.5. The zero-order chi connectivity index (χ0) is 16.9. The van der Waals surface area contributed by atoms with Gasteiger partial charge < -0.3 is 15.3 Å². The lowest BCUT2D eigenvalue weighted by molar-refractivity contribution is 0.124. The molecule has 2 N–H and O–H groups in total. The Hall–Kier alpha value is -1.66. The fourth-order valence-electron chi connectivity index (χ4n) is 3.85. The molecule has 3 atom stereocenters. The van der Waals surface area contributed by atoms with Crippen LogP contribution >= 0.6 is 0 Å². The van der Waals surface area contributed by atoms with Crippen molar-refractivity contribution in [1.82, 2.24) is 20.1 Å². The van der Waals surface area contributed by atoms with Crippen molar-refractivity contribution in [1.29, 1.82) is 0 Å². The van der Waals surface area contributed by atoms with Crippen molar-refractivity contribution in [2.75, 3.05) is 26.2 Å². The predicted octanol–water partition coefficient (Wildman–Crippen LogP) is 1.46. The van der Waals surface area contributed by atoms with E-state index in [1.807, 2.05) is 18.3 Å². The standard InChI is InChI=1S/C18H28N4O2/c1-14-11-21(12-15-5-2-3-8-19-15)10-7-17(14)20-18(24)22-9-4-6-16(22)13-23/h2-3,5,8,14,16-17,23H,4,6-7,9-13H2,1H3,(H,20,24). The van der Waals surface area contributed by atoms with Gasteiger partial charge in [0.2, 0.25) is 0 Å². The molecule has 2 aliphatic heterocycles. The Kier molecular flexibility index (Phi) is 5.68. The van der Waals surface area contributed by atoms with Crippen molar-refractivity contribution in [2.24, 2.45) is 5.92 Å². The van der Waals surface area contributed by atoms with Gasteiger partial charge in [0, 0.05) is 38.4 Å². The highest BCUT2D eigenvalue weighted by Gasteiger charge is 2.32. The van der Waals surface area contributed by atoms with Crippen LogP contribution in [0.2, 0.25) is 0 Å². The third-order valence-corrected chi connectivity index (χ3v) is 5.26. The number of hydrogen-bond acceptors (Lipinski definition) is 4. The summed E-state index contributed by atoms with van der Waals surface area (Å²) >= 11 is 0. The number of aromatic nitrogens is 1. The van der Waals surface area contributed by atoms with E-state index in [2.05, 4.69) is 28.2 Å². The van der Waals surface area contributed by atoms with Gasteiger partial charge in [-0.3, -0.25) is 9.88 Å². The van der Waals surface area contributed by atoms with Crippen LogP contribution in [-0.2, 0) is 6.54 Å². The third kappa shape index (κ3) is 4.05. The summed E-state index contributed by atoms with van der Waals surface area (Å²) in [6, 6.07) is 6.20. The quantitative estimate of drug-likeness (QED) is 0.876. The number of aliphatic hydroxyl groups excluding tert-OH is 1. The number of aliphatic hydroxyl groups is 1. The van der Waals surface area contributed by atoms with E-state index in [9.17, 15) is 9.90 Å². The Morgan fingerprint density at radius 1 is 1.38 bits per heavy atom. The SMILES string of the molecule is CC1CN(Cc2ccccn2)CCC1NC(=O)N1CCCC1CO. The van der Waals surface area contributed by atoms with Gasteiger partial charge in [0.1, 0.15) is 0 Å². The molecule has 2 saturated heterocycles. The molecular weight excluding hydrogens is 304 g/mol. The lowest BCUT2D eigenvalue weighted by atomic mass is 9.94. The van der Waals surface area contributed by atoms with Crippen molar-refractivity contribution in [2.45, 2.75) is 44.8 Å². The molecule has 0 aromatic carbocycles. The van der Waals surface area contributed by atoms with E-state index < -0.39 is 0 Å². The third-order valence-electron chi connectivity index (χ3n) is 5.26. The molecule has 3 heterocycles. The molecule has 24 heavy (non-hydrogen) atoms. The second-order valence-electron chi connectivity index (χ2n) is 7.05. The predicted molar refractivity (Wildman–Crippen MR) is 92.4 cm³/mol. The average Bonchev–Trinajstić information content (AvgIpc) is 3.07. The van der Waals surface area contributed by atoms with E-state index in [4.69, 9.17) is 0 Å². The van der Waals surface area contributed by atoms with E-state index in [-0.39, 0.29) is 24.7 Å². The molecule has 3 unspecified atom stereocenters. The zero-order valence-electron chi connectivity index (χ0n) is 14.4. The summed E-state index contributed by atoms with van der Waals surface area (Å²) in [6.45, 7) is 5.81. The molecule has 1 aromatic rings. The lowest BCUT2D eigenvalue weighted by Crippen LogP contribution is -2.54. The summed E-state index contributed by atoms with van der Waals surface area (Å²) in [5.41, 5.74) is 1.09. The fourth-order valence-corrected chi connectivity index (χ4v) is 3.85. The summed E-state index contributed by atoms with van der Waals surface area (Å²) < 4.78 is 0. The maximum Gasteiger partial charge on any atom is 0.317 e. The van der Waals surface area contributed by atoms with Gasteiger partial charge in [-0.25, -0.2) is 4.79 Å². The zero-order valence-corrected chi connectivity index (χ0v) is 14.4. The molecule has 132 valence electrons. The van der Waals surface area contributed by atoms with Crippen LogP contribution in [0.25, 0.3) is 0 Å². The molecule has 6 nitrogen and oxygen atoms in total. The van der Waals surface area contributed by atoms with Crippen LogP contribution in [0.1, 0.15) is 31.9 Å². The van der Waals surface area contributed by atoms with E-state index in [1.54, 1.807) is 4.90 Å². The van der Waals surface area contributed by atoms with Crippen LogP contribution in [-0.4, -0.2) is 64.2 Å². The van der Waals surface area contributed by atoms with Gasteiger partial charge in [-0.05, 0) is 37.3 Å². The number of likely N-dealkylation sites (tertiary alicyclic amines) is 2. The highest BCUT2D eigenvalue weighted by Crippen LogP contribution is 2.21. The first-order chi connectivity index (χ1) is 11.7. The van der Waals surface area contributed by atoms with Crippen LogP contribution in [0.5, 0.6) is 0 Å². The van der Waals surface area contributed by atoms with Gasteiger partial charge in [-0.2, -0.15) is 0 Å². The van der Waals surface area contributed by atoms with E-state index in [0.717, 1.165) is 51.1 Å². The number of hydrogen-bond donors (Lipinski definition) is 2. The molecule has 0 saturated carbocycles. The van der Waals surface area contributed by atoms with Gasteiger partial charge >= 0.3 is 6.03 Å². The van der Waals surface area contributed by atoms with E-state index in [1.165, 1.54) is 0 Å². The summed E-state index contributed by atoms with van der Waals surface area (Å²) in [6.07, 6.45) is 4.68. The average molecular weight is 332 g/mol. The summed E-state index contributed by atoms with van der Waals surface area (Å²) in [5.74, 6) is 0.404. The molecule has 2 aliphatic rings. The molecule has 0 spiro atoms. The number of nitrogens with zero attached hydrogens (tertiary/aromatic N) is 3. The van der Waals surface area contributed by atoms with Crippen molar-refractivity contribution >= 4 is 6.03 Å². The largest absolute Gasteiger partial charge is 0.394 e. The summed E-state index contributed by atoms with van der Waals surface area (Å²) in [7, 11) is 0. The molecule has 0 aliphatic carbocycles. The molecule has 2 fully saturated rings. The van der Waals surface area contributed by atoms with Crippen molar-refractivity contribution < 1.29 is 9.90 Å². The first kappa shape index (κ1) is 17.2. The Balaban J connectivity index is 1.50. The van der Waals surface area contributed by atoms with Crippen LogP contribution in [0, 0.1) is 5.92 Å². The molecule has 3 rings (SSSR count). The second kappa shape index (κ2) is 7.94. The van der Waals surface area contributed by atoms with E-state index in [0.29, 0.717) is 5.92 Å². The lowest BCUT2D eigenvalue weighted by Gasteiger charge is -2.38. The van der Waals surface area contributed by atoms with Gasteiger partial charge in [0.15, 0.2) is 0 Å². The van der Waals surface area contributed by atoms with Gasteiger partial charge in [0.05, 0.1) is 18.3 Å². The van der Waals surface area contributed by atoms with Crippen molar-refractivity contribution in [3.8, 4) is 0 Å². The summed E-state index contributed by atoms with van der Waals surface area (Å²) in [4.78, 5) is 21.1. The number of urea groups is 1. The van der Waals surface area contributed by atoms with Crippen LogP contribution in [0.3, 0.4) is 0 Å². The van der Waals surface area contributed by atoms with Gasteiger partial charge in [0.25, 0.3) is 0 Å². The van der Waals surface area contributed by atoms with E-state index >= 15 is 0 Å². The Bertz CT molecular complexity index is 539. The molecule has 1 aromatic heterocycles.